The third-order valence-electron chi connectivity index (χ3n) is 3.25. The molecule has 104 valence electrons. The molecule has 5 nitrogen and oxygen atoms in total. The minimum atomic E-state index is 0.0364. The molecule has 2 aromatic rings. The van der Waals surface area contributed by atoms with Crippen molar-refractivity contribution in [1.29, 1.82) is 0 Å². The summed E-state index contributed by atoms with van der Waals surface area (Å²) in [5, 5.41) is 0.0364. The first-order chi connectivity index (χ1) is 9.74. The number of nitrogens with zero attached hydrogens (tertiary/aromatic N) is 3. The molecule has 1 saturated heterocycles. The van der Waals surface area contributed by atoms with Gasteiger partial charge in [0, 0.05) is 30.3 Å². The molecule has 0 aliphatic carbocycles. The van der Waals surface area contributed by atoms with Gasteiger partial charge in [-0.3, -0.25) is 14.8 Å². The number of hydrogen-bond donors (Lipinski definition) is 1. The van der Waals surface area contributed by atoms with Crippen molar-refractivity contribution in [3.63, 3.8) is 0 Å². The maximum Gasteiger partial charge on any atom is 0.224 e. The molecule has 0 bridgehead atoms. The van der Waals surface area contributed by atoms with E-state index < -0.39 is 0 Å². The van der Waals surface area contributed by atoms with E-state index in [0.717, 1.165) is 22.8 Å². The predicted molar refractivity (Wildman–Crippen MR) is 77.9 cm³/mol. The summed E-state index contributed by atoms with van der Waals surface area (Å²) >= 11 is 1.78. The van der Waals surface area contributed by atoms with Crippen LogP contribution in [0.2, 0.25) is 0 Å². The zero-order valence-corrected chi connectivity index (χ0v) is 12.1. The molecule has 3 rings (SSSR count). The number of carbonyl (C=O) groups is 1. The largest absolute Gasteiger partial charge is 0.363 e. The molecule has 6 heteroatoms. The molecule has 1 aliphatic rings. The summed E-state index contributed by atoms with van der Waals surface area (Å²) in [6.45, 7) is 2.41. The summed E-state index contributed by atoms with van der Waals surface area (Å²) in [4.78, 5) is 25.9. The van der Waals surface area contributed by atoms with Gasteiger partial charge in [0.15, 0.2) is 0 Å². The molecule has 1 amide bonds. The highest BCUT2D eigenvalue weighted by molar-refractivity contribution is 7.99. The highest BCUT2D eigenvalue weighted by atomic mass is 32.2. The molecule has 0 radical (unpaired) electrons. The maximum absolute atomic E-state index is 12.2. The zero-order chi connectivity index (χ0) is 13.9. The summed E-state index contributed by atoms with van der Waals surface area (Å²) in [5.74, 6) is 1.03. The number of aryl methyl sites for hydroxylation is 1. The van der Waals surface area contributed by atoms with Crippen LogP contribution in [0.1, 0.15) is 28.9 Å². The summed E-state index contributed by atoms with van der Waals surface area (Å²) in [7, 11) is 0. The van der Waals surface area contributed by atoms with E-state index in [4.69, 9.17) is 0 Å². The van der Waals surface area contributed by atoms with Crippen LogP contribution in [0, 0.1) is 6.92 Å². The highest BCUT2D eigenvalue weighted by Gasteiger charge is 2.30. The van der Waals surface area contributed by atoms with Gasteiger partial charge in [0.05, 0.1) is 24.1 Å². The number of H-pyrrole nitrogens is 1. The SMILES string of the molecule is Cc1cnc(CN2C(=O)CCSC2c2ccc[nH]2)cn1. The number of thioether (sulfide) groups is 1. The summed E-state index contributed by atoms with van der Waals surface area (Å²) in [6, 6.07) is 3.98. The molecule has 0 aromatic carbocycles. The summed E-state index contributed by atoms with van der Waals surface area (Å²) < 4.78 is 0. The Hall–Kier alpha value is -1.82. The van der Waals surface area contributed by atoms with Gasteiger partial charge >= 0.3 is 0 Å². The monoisotopic (exact) mass is 288 g/mol. The number of amides is 1. The Morgan fingerprint density at radius 1 is 1.45 bits per heavy atom. The third kappa shape index (κ3) is 2.70. The molecular formula is C14H16N4OS. The fraction of sp³-hybridized carbons (Fsp3) is 0.357. The average molecular weight is 288 g/mol. The van der Waals surface area contributed by atoms with Crippen LogP contribution in [0.4, 0.5) is 0 Å². The number of aromatic nitrogens is 3. The fourth-order valence-corrected chi connectivity index (χ4v) is 3.44. The Labute approximate surface area is 121 Å². The number of nitrogens with one attached hydrogen (secondary N) is 1. The molecule has 1 fully saturated rings. The molecule has 1 unspecified atom stereocenters. The lowest BCUT2D eigenvalue weighted by Crippen LogP contribution is -2.37. The van der Waals surface area contributed by atoms with Crippen LogP contribution in [-0.2, 0) is 11.3 Å². The van der Waals surface area contributed by atoms with Crippen molar-refractivity contribution >= 4 is 17.7 Å². The molecule has 3 heterocycles. The Balaban J connectivity index is 1.83. The summed E-state index contributed by atoms with van der Waals surface area (Å²) in [6.07, 6.45) is 5.95. The second-order valence-electron chi connectivity index (χ2n) is 4.77. The summed E-state index contributed by atoms with van der Waals surface area (Å²) in [5.41, 5.74) is 2.76. The molecule has 1 N–H and O–H groups in total. The first kappa shape index (κ1) is 13.2. The molecule has 0 saturated carbocycles. The van der Waals surface area contributed by atoms with Gasteiger partial charge in [-0.15, -0.1) is 11.8 Å². The molecule has 2 aromatic heterocycles. The van der Waals surface area contributed by atoms with Gasteiger partial charge < -0.3 is 9.88 Å². The lowest BCUT2D eigenvalue weighted by atomic mass is 10.3. The lowest BCUT2D eigenvalue weighted by Gasteiger charge is -2.34. The predicted octanol–water partition coefficient (Wildman–Crippen LogP) is 2.28. The standard InChI is InChI=1S/C14H16N4OS/c1-10-7-17-11(8-16-10)9-18-13(19)4-6-20-14(18)12-3-2-5-15-12/h2-3,5,7-8,14-15H,4,6,9H2,1H3. The fourth-order valence-electron chi connectivity index (χ4n) is 2.22. The van der Waals surface area contributed by atoms with Crippen LogP contribution < -0.4 is 0 Å². The van der Waals surface area contributed by atoms with Crippen LogP contribution in [0.15, 0.2) is 30.7 Å². The van der Waals surface area contributed by atoms with E-state index in [1.807, 2.05) is 30.2 Å². The Morgan fingerprint density at radius 3 is 3.05 bits per heavy atom. The van der Waals surface area contributed by atoms with E-state index in [1.54, 1.807) is 24.2 Å². The van der Waals surface area contributed by atoms with Gasteiger partial charge in [0.2, 0.25) is 5.91 Å². The number of aromatic amines is 1. The molecule has 1 atom stereocenters. The number of carbonyl (C=O) groups excluding carboxylic acids is 1. The minimum absolute atomic E-state index is 0.0364. The van der Waals surface area contributed by atoms with Crippen molar-refractivity contribution in [3.05, 3.63) is 47.8 Å². The van der Waals surface area contributed by atoms with Crippen LogP contribution in [-0.4, -0.2) is 31.5 Å². The highest BCUT2D eigenvalue weighted by Crippen LogP contribution is 2.37. The first-order valence-electron chi connectivity index (χ1n) is 6.56. The quantitative estimate of drug-likeness (QED) is 0.941. The van der Waals surface area contributed by atoms with Crippen LogP contribution >= 0.6 is 11.8 Å². The van der Waals surface area contributed by atoms with Crippen molar-refractivity contribution in [2.24, 2.45) is 0 Å². The second kappa shape index (κ2) is 5.66. The van der Waals surface area contributed by atoms with Gasteiger partial charge in [-0.05, 0) is 19.1 Å². The Kier molecular flexibility index (Phi) is 3.73. The van der Waals surface area contributed by atoms with E-state index in [0.29, 0.717) is 13.0 Å². The minimum Gasteiger partial charge on any atom is -0.363 e. The van der Waals surface area contributed by atoms with E-state index in [-0.39, 0.29) is 11.3 Å². The van der Waals surface area contributed by atoms with Gasteiger partial charge in [0.1, 0.15) is 5.37 Å². The number of hydrogen-bond acceptors (Lipinski definition) is 4. The normalized spacial score (nSPS) is 19.4. The van der Waals surface area contributed by atoms with E-state index in [9.17, 15) is 4.79 Å². The van der Waals surface area contributed by atoms with Crippen LogP contribution in [0.5, 0.6) is 0 Å². The second-order valence-corrected chi connectivity index (χ2v) is 5.96. The van der Waals surface area contributed by atoms with Crippen molar-refractivity contribution in [2.75, 3.05) is 5.75 Å². The molecular weight excluding hydrogens is 272 g/mol. The maximum atomic E-state index is 12.2. The topological polar surface area (TPSA) is 61.9 Å². The molecule has 0 spiro atoms. The van der Waals surface area contributed by atoms with Crippen molar-refractivity contribution < 1.29 is 4.79 Å². The smallest absolute Gasteiger partial charge is 0.224 e. The van der Waals surface area contributed by atoms with Crippen LogP contribution in [0.3, 0.4) is 0 Å². The first-order valence-corrected chi connectivity index (χ1v) is 7.61. The van der Waals surface area contributed by atoms with Crippen molar-refractivity contribution in [3.8, 4) is 0 Å². The van der Waals surface area contributed by atoms with Gasteiger partial charge in [-0.1, -0.05) is 0 Å². The molecule has 20 heavy (non-hydrogen) atoms. The van der Waals surface area contributed by atoms with Gasteiger partial charge in [-0.2, -0.15) is 0 Å². The van der Waals surface area contributed by atoms with Gasteiger partial charge in [0.25, 0.3) is 0 Å². The van der Waals surface area contributed by atoms with Crippen molar-refractivity contribution in [2.45, 2.75) is 25.3 Å². The number of rotatable bonds is 3. The van der Waals surface area contributed by atoms with E-state index >= 15 is 0 Å². The van der Waals surface area contributed by atoms with E-state index in [1.165, 1.54) is 0 Å². The van der Waals surface area contributed by atoms with Gasteiger partial charge in [-0.25, -0.2) is 0 Å². The van der Waals surface area contributed by atoms with E-state index in [2.05, 4.69) is 15.0 Å². The van der Waals surface area contributed by atoms with Crippen LogP contribution in [0.25, 0.3) is 0 Å². The molecule has 1 aliphatic heterocycles. The zero-order valence-electron chi connectivity index (χ0n) is 11.2. The average Bonchev–Trinajstić information content (AvgIpc) is 2.97. The Bertz CT molecular complexity index is 582. The lowest BCUT2D eigenvalue weighted by molar-refractivity contribution is -0.132. The Morgan fingerprint density at radius 2 is 2.35 bits per heavy atom. The third-order valence-corrected chi connectivity index (χ3v) is 4.51. The van der Waals surface area contributed by atoms with Crippen molar-refractivity contribution in [1.82, 2.24) is 19.9 Å².